The molecule has 0 bridgehead atoms. The van der Waals surface area contributed by atoms with E-state index in [1.807, 2.05) is 35.6 Å². The fraction of sp³-hybridized carbons (Fsp3) is 0.643. The molecule has 4 nitrogen and oxygen atoms in total. The maximum atomic E-state index is 12.6. The summed E-state index contributed by atoms with van der Waals surface area (Å²) in [7, 11) is 0. The molecule has 2 heterocycles. The molecule has 0 radical (unpaired) electrons. The monoisotopic (exact) mass is 327 g/mol. The van der Waals surface area contributed by atoms with Gasteiger partial charge in [0, 0.05) is 36.3 Å². The third-order valence-corrected chi connectivity index (χ3v) is 4.35. The lowest BCUT2D eigenvalue weighted by Gasteiger charge is -2.34. The van der Waals surface area contributed by atoms with Gasteiger partial charge < -0.3 is 15.2 Å². The first-order valence-electron chi connectivity index (χ1n) is 6.93. The van der Waals surface area contributed by atoms with E-state index in [4.69, 9.17) is 5.73 Å². The van der Waals surface area contributed by atoms with E-state index >= 15 is 0 Å². The lowest BCUT2D eigenvalue weighted by molar-refractivity contribution is 0.0650. The van der Waals surface area contributed by atoms with Crippen molar-refractivity contribution in [1.29, 1.82) is 0 Å². The van der Waals surface area contributed by atoms with E-state index in [1.165, 1.54) is 0 Å². The lowest BCUT2D eigenvalue weighted by atomic mass is 9.92. The molecule has 0 saturated carbocycles. The zero-order valence-electron chi connectivity index (χ0n) is 11.6. The second-order valence-corrected chi connectivity index (χ2v) is 6.26. The Morgan fingerprint density at radius 1 is 1.63 bits per heavy atom. The Hall–Kier alpha value is -0.810. The van der Waals surface area contributed by atoms with E-state index in [-0.39, 0.29) is 11.9 Å². The Bertz CT molecular complexity index is 456. The second-order valence-electron chi connectivity index (χ2n) is 5.34. The van der Waals surface area contributed by atoms with Crippen LogP contribution >= 0.6 is 15.9 Å². The van der Waals surface area contributed by atoms with Crippen molar-refractivity contribution in [2.24, 2.45) is 11.7 Å². The van der Waals surface area contributed by atoms with E-state index in [9.17, 15) is 4.79 Å². The Labute approximate surface area is 123 Å². The molecule has 0 aromatic carbocycles. The first kappa shape index (κ1) is 14.6. The molecule has 1 saturated heterocycles. The maximum absolute atomic E-state index is 12.6. The molecular formula is C14H22BrN3O. The van der Waals surface area contributed by atoms with Crippen molar-refractivity contribution in [3.05, 3.63) is 22.4 Å². The number of hydrogen-bond acceptors (Lipinski definition) is 2. The van der Waals surface area contributed by atoms with Crippen molar-refractivity contribution in [3.63, 3.8) is 0 Å². The van der Waals surface area contributed by atoms with Crippen LogP contribution in [0.1, 0.15) is 37.2 Å². The van der Waals surface area contributed by atoms with Crippen LogP contribution in [-0.2, 0) is 6.54 Å². The van der Waals surface area contributed by atoms with Gasteiger partial charge in [0.25, 0.3) is 5.91 Å². The molecular weight excluding hydrogens is 306 g/mol. The molecule has 0 unspecified atom stereocenters. The number of likely N-dealkylation sites (tertiary alicyclic amines) is 1. The van der Waals surface area contributed by atoms with Crippen LogP contribution in [0, 0.1) is 5.92 Å². The molecule has 0 aliphatic carbocycles. The zero-order chi connectivity index (χ0) is 14.0. The van der Waals surface area contributed by atoms with Crippen LogP contribution in [0.5, 0.6) is 0 Å². The Kier molecular flexibility index (Phi) is 4.68. The van der Waals surface area contributed by atoms with Gasteiger partial charge in [-0.25, -0.2) is 0 Å². The highest BCUT2D eigenvalue weighted by Gasteiger charge is 2.27. The third-order valence-electron chi connectivity index (χ3n) is 3.91. The number of halogens is 1. The van der Waals surface area contributed by atoms with E-state index in [0.717, 1.165) is 42.6 Å². The summed E-state index contributed by atoms with van der Waals surface area (Å²) in [6, 6.07) is 2.06. The minimum Gasteiger partial charge on any atom is -0.343 e. The van der Waals surface area contributed by atoms with Crippen molar-refractivity contribution in [2.45, 2.75) is 39.3 Å². The molecule has 1 aliphatic rings. The van der Waals surface area contributed by atoms with Gasteiger partial charge in [0.1, 0.15) is 5.69 Å². The summed E-state index contributed by atoms with van der Waals surface area (Å²) < 4.78 is 2.94. The highest BCUT2D eigenvalue weighted by Crippen LogP contribution is 2.22. The standard InChI is InChI=1S/C14H22BrN3O/c1-3-17-9-12(15)7-13(17)14(19)18-6-4-5-11(8-18)10(2)16/h7,9-11H,3-6,8,16H2,1-2H3/t10-,11-/m1/s1. The van der Waals surface area contributed by atoms with Crippen LogP contribution in [0.25, 0.3) is 0 Å². The van der Waals surface area contributed by atoms with Crippen LogP contribution < -0.4 is 5.73 Å². The first-order valence-corrected chi connectivity index (χ1v) is 7.72. The fourth-order valence-electron chi connectivity index (χ4n) is 2.70. The van der Waals surface area contributed by atoms with Gasteiger partial charge in [0.2, 0.25) is 0 Å². The Balaban J connectivity index is 2.14. The SMILES string of the molecule is CCn1cc(Br)cc1C(=O)N1CCC[C@@H]([C@@H](C)N)C1. The number of hydrogen-bond donors (Lipinski definition) is 1. The molecule has 5 heteroatoms. The number of aryl methyl sites for hydroxylation is 1. The van der Waals surface area contributed by atoms with Crippen molar-refractivity contribution in [3.8, 4) is 0 Å². The minimum absolute atomic E-state index is 0.123. The summed E-state index contributed by atoms with van der Waals surface area (Å²) in [5, 5.41) is 0. The average molecular weight is 328 g/mol. The van der Waals surface area contributed by atoms with Crippen LogP contribution in [-0.4, -0.2) is 34.5 Å². The maximum Gasteiger partial charge on any atom is 0.270 e. The van der Waals surface area contributed by atoms with Crippen molar-refractivity contribution in [2.75, 3.05) is 13.1 Å². The van der Waals surface area contributed by atoms with Crippen LogP contribution in [0.15, 0.2) is 16.7 Å². The highest BCUT2D eigenvalue weighted by molar-refractivity contribution is 9.10. The van der Waals surface area contributed by atoms with Gasteiger partial charge in [-0.3, -0.25) is 4.79 Å². The molecule has 0 spiro atoms. The third kappa shape index (κ3) is 3.20. The molecule has 19 heavy (non-hydrogen) atoms. The largest absolute Gasteiger partial charge is 0.343 e. The van der Waals surface area contributed by atoms with Gasteiger partial charge in [-0.15, -0.1) is 0 Å². The smallest absolute Gasteiger partial charge is 0.270 e. The predicted octanol–water partition coefficient (Wildman–Crippen LogP) is 2.47. The summed E-state index contributed by atoms with van der Waals surface area (Å²) in [4.78, 5) is 14.6. The lowest BCUT2D eigenvalue weighted by Crippen LogP contribution is -2.45. The zero-order valence-corrected chi connectivity index (χ0v) is 13.2. The van der Waals surface area contributed by atoms with E-state index < -0.39 is 0 Å². The van der Waals surface area contributed by atoms with Gasteiger partial charge in [-0.1, -0.05) is 0 Å². The molecule has 2 N–H and O–H groups in total. The molecule has 1 aromatic heterocycles. The fourth-order valence-corrected chi connectivity index (χ4v) is 3.17. The number of aromatic nitrogens is 1. The number of amides is 1. The summed E-state index contributed by atoms with van der Waals surface area (Å²) in [6.45, 7) is 6.50. The summed E-state index contributed by atoms with van der Waals surface area (Å²) in [5.41, 5.74) is 6.74. The van der Waals surface area contributed by atoms with Crippen molar-refractivity contribution >= 4 is 21.8 Å². The molecule has 1 fully saturated rings. The van der Waals surface area contributed by atoms with Crippen molar-refractivity contribution < 1.29 is 4.79 Å². The van der Waals surface area contributed by atoms with Crippen molar-refractivity contribution in [1.82, 2.24) is 9.47 Å². The number of piperidine rings is 1. The number of carbonyl (C=O) groups is 1. The Morgan fingerprint density at radius 2 is 2.37 bits per heavy atom. The summed E-state index contributed by atoms with van der Waals surface area (Å²) >= 11 is 3.44. The molecule has 1 aromatic rings. The first-order chi connectivity index (χ1) is 9.02. The number of rotatable bonds is 3. The van der Waals surface area contributed by atoms with Gasteiger partial charge in [0.05, 0.1) is 0 Å². The van der Waals surface area contributed by atoms with Gasteiger partial charge in [-0.2, -0.15) is 0 Å². The van der Waals surface area contributed by atoms with Crippen LogP contribution in [0.4, 0.5) is 0 Å². The van der Waals surface area contributed by atoms with Gasteiger partial charge in [-0.05, 0) is 54.6 Å². The van der Waals surface area contributed by atoms with E-state index in [0.29, 0.717) is 5.92 Å². The molecule has 2 atom stereocenters. The Morgan fingerprint density at radius 3 is 3.00 bits per heavy atom. The average Bonchev–Trinajstić information content (AvgIpc) is 2.79. The quantitative estimate of drug-likeness (QED) is 0.927. The summed E-state index contributed by atoms with van der Waals surface area (Å²) in [5.74, 6) is 0.545. The van der Waals surface area contributed by atoms with E-state index in [1.54, 1.807) is 0 Å². The van der Waals surface area contributed by atoms with E-state index in [2.05, 4.69) is 15.9 Å². The molecule has 2 rings (SSSR count). The minimum atomic E-state index is 0.123. The van der Waals surface area contributed by atoms with Crippen LogP contribution in [0.2, 0.25) is 0 Å². The van der Waals surface area contributed by atoms with Gasteiger partial charge >= 0.3 is 0 Å². The second kappa shape index (κ2) is 6.09. The predicted molar refractivity (Wildman–Crippen MR) is 80.1 cm³/mol. The number of nitrogens with zero attached hydrogens (tertiary/aromatic N) is 2. The van der Waals surface area contributed by atoms with Crippen LogP contribution in [0.3, 0.4) is 0 Å². The topological polar surface area (TPSA) is 51.3 Å². The highest BCUT2D eigenvalue weighted by atomic mass is 79.9. The molecule has 106 valence electrons. The number of nitrogens with two attached hydrogens (primary N) is 1. The number of carbonyl (C=O) groups excluding carboxylic acids is 1. The molecule has 1 amide bonds. The summed E-state index contributed by atoms with van der Waals surface area (Å²) in [6.07, 6.45) is 4.13. The molecule has 1 aliphatic heterocycles. The normalized spacial score (nSPS) is 21.5. The van der Waals surface area contributed by atoms with Gasteiger partial charge in [0.15, 0.2) is 0 Å².